The summed E-state index contributed by atoms with van der Waals surface area (Å²) in [6.45, 7) is 5.97. The molecule has 1 unspecified atom stereocenters. The van der Waals surface area contributed by atoms with E-state index in [2.05, 4.69) is 0 Å². The van der Waals surface area contributed by atoms with Crippen LogP contribution in [0.25, 0.3) is 0 Å². The van der Waals surface area contributed by atoms with Gasteiger partial charge in [-0.1, -0.05) is 32.9 Å². The first-order chi connectivity index (χ1) is 7.30. The zero-order valence-electron chi connectivity index (χ0n) is 9.83. The van der Waals surface area contributed by atoms with Gasteiger partial charge in [0.05, 0.1) is 6.42 Å². The summed E-state index contributed by atoms with van der Waals surface area (Å²) in [7, 11) is 0. The average molecular weight is 224 g/mol. The van der Waals surface area contributed by atoms with Crippen molar-refractivity contribution in [1.29, 1.82) is 0 Å². The van der Waals surface area contributed by atoms with Crippen molar-refractivity contribution in [3.8, 4) is 0 Å². The van der Waals surface area contributed by atoms with Crippen molar-refractivity contribution in [2.45, 2.75) is 33.1 Å². The molecule has 0 aliphatic heterocycles. The molecule has 1 atom stereocenters. The second-order valence-corrected chi connectivity index (χ2v) is 5.07. The van der Waals surface area contributed by atoms with E-state index in [1.54, 1.807) is 12.1 Å². The number of hydrogen-bond acceptors (Lipinski definition) is 1. The smallest absolute Gasteiger partial charge is 0.303 e. The third kappa shape index (κ3) is 3.33. The van der Waals surface area contributed by atoms with Crippen LogP contribution >= 0.6 is 0 Å². The van der Waals surface area contributed by atoms with Gasteiger partial charge in [0, 0.05) is 0 Å². The Labute approximate surface area is 95.1 Å². The summed E-state index contributed by atoms with van der Waals surface area (Å²) in [6, 6.07) is 6.06. The van der Waals surface area contributed by atoms with Crippen molar-refractivity contribution >= 4 is 5.97 Å². The van der Waals surface area contributed by atoms with Gasteiger partial charge in [0.15, 0.2) is 0 Å². The van der Waals surface area contributed by atoms with Gasteiger partial charge in [-0.2, -0.15) is 0 Å². The van der Waals surface area contributed by atoms with Crippen LogP contribution in [0.4, 0.5) is 4.39 Å². The third-order valence-corrected chi connectivity index (χ3v) is 2.70. The average Bonchev–Trinajstić information content (AvgIpc) is 2.14. The van der Waals surface area contributed by atoms with Crippen LogP contribution in [0.15, 0.2) is 24.3 Å². The highest BCUT2D eigenvalue weighted by Gasteiger charge is 2.28. The van der Waals surface area contributed by atoms with Crippen LogP contribution in [0.2, 0.25) is 0 Å². The predicted molar refractivity (Wildman–Crippen MR) is 60.8 cm³/mol. The Morgan fingerprint density at radius 3 is 2.19 bits per heavy atom. The van der Waals surface area contributed by atoms with Crippen molar-refractivity contribution in [2.24, 2.45) is 5.41 Å². The molecule has 0 heterocycles. The summed E-state index contributed by atoms with van der Waals surface area (Å²) < 4.78 is 12.8. The molecule has 0 fully saturated rings. The topological polar surface area (TPSA) is 37.3 Å². The van der Waals surface area contributed by atoms with E-state index in [1.807, 2.05) is 20.8 Å². The lowest BCUT2D eigenvalue weighted by atomic mass is 9.75. The minimum Gasteiger partial charge on any atom is -0.481 e. The SMILES string of the molecule is CC(C)(C)C(CC(=O)O)c1ccc(F)cc1. The van der Waals surface area contributed by atoms with Crippen molar-refractivity contribution in [1.82, 2.24) is 0 Å². The molecule has 2 nitrogen and oxygen atoms in total. The second kappa shape index (κ2) is 4.64. The minimum absolute atomic E-state index is 0.0646. The Morgan fingerprint density at radius 2 is 1.81 bits per heavy atom. The molecule has 88 valence electrons. The summed E-state index contributed by atoms with van der Waals surface area (Å²) in [6.07, 6.45) is 0.0646. The minimum atomic E-state index is -0.829. The molecular formula is C13H17FO2. The van der Waals surface area contributed by atoms with Crippen LogP contribution < -0.4 is 0 Å². The summed E-state index contributed by atoms with van der Waals surface area (Å²) in [5.74, 6) is -1.23. The normalized spacial score (nSPS) is 13.5. The van der Waals surface area contributed by atoms with Gasteiger partial charge in [0.1, 0.15) is 5.82 Å². The first kappa shape index (κ1) is 12.7. The lowest BCUT2D eigenvalue weighted by Crippen LogP contribution is -2.21. The van der Waals surface area contributed by atoms with E-state index in [-0.39, 0.29) is 23.6 Å². The number of hydrogen-bond donors (Lipinski definition) is 1. The molecule has 0 saturated heterocycles. The van der Waals surface area contributed by atoms with E-state index in [0.29, 0.717) is 0 Å². The molecule has 0 aliphatic carbocycles. The Bertz CT molecular complexity index is 363. The molecule has 16 heavy (non-hydrogen) atoms. The van der Waals surface area contributed by atoms with Gasteiger partial charge in [-0.25, -0.2) is 4.39 Å². The zero-order valence-corrected chi connectivity index (χ0v) is 9.83. The van der Waals surface area contributed by atoms with E-state index in [9.17, 15) is 9.18 Å². The van der Waals surface area contributed by atoms with Gasteiger partial charge in [0.25, 0.3) is 0 Å². The maximum absolute atomic E-state index is 12.8. The van der Waals surface area contributed by atoms with Gasteiger partial charge in [-0.15, -0.1) is 0 Å². The summed E-state index contributed by atoms with van der Waals surface area (Å²) in [5, 5.41) is 8.89. The van der Waals surface area contributed by atoms with Crippen LogP contribution in [0.3, 0.4) is 0 Å². The van der Waals surface area contributed by atoms with E-state index in [1.165, 1.54) is 12.1 Å². The number of rotatable bonds is 3. The van der Waals surface area contributed by atoms with E-state index in [0.717, 1.165) is 5.56 Å². The monoisotopic (exact) mass is 224 g/mol. The summed E-state index contributed by atoms with van der Waals surface area (Å²) in [4.78, 5) is 10.8. The van der Waals surface area contributed by atoms with Gasteiger partial charge in [-0.05, 0) is 29.0 Å². The van der Waals surface area contributed by atoms with Gasteiger partial charge < -0.3 is 5.11 Å². The van der Waals surface area contributed by atoms with E-state index in [4.69, 9.17) is 5.11 Å². The first-order valence-electron chi connectivity index (χ1n) is 5.28. The number of halogens is 1. The Balaban J connectivity index is 3.01. The molecule has 1 rings (SSSR count). The molecule has 0 bridgehead atoms. The maximum atomic E-state index is 12.8. The fourth-order valence-electron chi connectivity index (χ4n) is 1.79. The standard InChI is InChI=1S/C13H17FO2/c1-13(2,3)11(8-12(15)16)9-4-6-10(14)7-5-9/h4-7,11H,8H2,1-3H3,(H,15,16). The Kier molecular flexibility index (Phi) is 3.68. The number of carbonyl (C=O) groups is 1. The van der Waals surface area contributed by atoms with Gasteiger partial charge in [-0.3, -0.25) is 4.79 Å². The van der Waals surface area contributed by atoms with Crippen LogP contribution in [-0.4, -0.2) is 11.1 Å². The molecule has 0 saturated carbocycles. The highest BCUT2D eigenvalue weighted by molar-refractivity contribution is 5.68. The lowest BCUT2D eigenvalue weighted by molar-refractivity contribution is -0.138. The number of carboxylic acid groups (broad SMARTS) is 1. The zero-order chi connectivity index (χ0) is 12.3. The van der Waals surface area contributed by atoms with Crippen molar-refractivity contribution in [3.05, 3.63) is 35.6 Å². The summed E-state index contributed by atoms with van der Waals surface area (Å²) >= 11 is 0. The highest BCUT2D eigenvalue weighted by Crippen LogP contribution is 2.37. The molecule has 0 spiro atoms. The Morgan fingerprint density at radius 1 is 1.31 bits per heavy atom. The molecule has 0 aliphatic rings. The van der Waals surface area contributed by atoms with Crippen molar-refractivity contribution in [3.63, 3.8) is 0 Å². The molecule has 0 aromatic heterocycles. The fourth-order valence-corrected chi connectivity index (χ4v) is 1.79. The first-order valence-corrected chi connectivity index (χ1v) is 5.28. The molecule has 0 radical (unpaired) electrons. The second-order valence-electron chi connectivity index (χ2n) is 5.07. The summed E-state index contributed by atoms with van der Waals surface area (Å²) in [5.41, 5.74) is 0.715. The van der Waals surface area contributed by atoms with Crippen LogP contribution in [0.1, 0.15) is 38.7 Å². The van der Waals surface area contributed by atoms with Crippen molar-refractivity contribution < 1.29 is 14.3 Å². The molecule has 1 aromatic carbocycles. The van der Waals surface area contributed by atoms with Crippen LogP contribution in [-0.2, 0) is 4.79 Å². The largest absolute Gasteiger partial charge is 0.481 e. The molecular weight excluding hydrogens is 207 g/mol. The van der Waals surface area contributed by atoms with Gasteiger partial charge in [0.2, 0.25) is 0 Å². The predicted octanol–water partition coefficient (Wildman–Crippen LogP) is 3.43. The molecule has 1 aromatic rings. The lowest BCUT2D eigenvalue weighted by Gasteiger charge is -2.30. The fraction of sp³-hybridized carbons (Fsp3) is 0.462. The maximum Gasteiger partial charge on any atom is 0.303 e. The number of benzene rings is 1. The molecule has 0 amide bonds. The van der Waals surface area contributed by atoms with E-state index < -0.39 is 5.97 Å². The quantitative estimate of drug-likeness (QED) is 0.854. The highest BCUT2D eigenvalue weighted by atomic mass is 19.1. The van der Waals surface area contributed by atoms with Crippen molar-refractivity contribution in [2.75, 3.05) is 0 Å². The number of carboxylic acids is 1. The van der Waals surface area contributed by atoms with Crippen LogP contribution in [0, 0.1) is 11.2 Å². The van der Waals surface area contributed by atoms with Gasteiger partial charge >= 0.3 is 5.97 Å². The number of aliphatic carboxylic acids is 1. The third-order valence-electron chi connectivity index (χ3n) is 2.70. The Hall–Kier alpha value is -1.38. The molecule has 3 heteroatoms. The molecule has 1 N–H and O–H groups in total. The van der Waals surface area contributed by atoms with E-state index >= 15 is 0 Å². The van der Waals surface area contributed by atoms with Crippen LogP contribution in [0.5, 0.6) is 0 Å².